The first kappa shape index (κ1) is 23.3. The van der Waals surface area contributed by atoms with E-state index in [4.69, 9.17) is 10.5 Å². The first-order valence-electron chi connectivity index (χ1n) is 10.8. The fourth-order valence-electron chi connectivity index (χ4n) is 3.66. The molecule has 4 aromatic rings. The van der Waals surface area contributed by atoms with Crippen molar-refractivity contribution in [3.05, 3.63) is 93.1 Å². The number of nitrogens with two attached hydrogens (primary N) is 1. The van der Waals surface area contributed by atoms with E-state index >= 15 is 0 Å². The number of hydrogen-bond donors (Lipinski definition) is 1. The molecule has 3 aromatic carbocycles. The number of aryl methyl sites for hydroxylation is 1. The van der Waals surface area contributed by atoms with Crippen molar-refractivity contribution in [1.29, 1.82) is 0 Å². The zero-order chi connectivity index (χ0) is 24.1. The Morgan fingerprint density at radius 3 is 2.53 bits per heavy atom. The second-order valence-corrected chi connectivity index (χ2v) is 8.68. The van der Waals surface area contributed by atoms with Gasteiger partial charge in [0.05, 0.1) is 23.9 Å². The summed E-state index contributed by atoms with van der Waals surface area (Å²) in [5, 5.41) is 0. The number of carbonyl (C=O) groups excluding carboxylic acids is 2. The van der Waals surface area contributed by atoms with Crippen molar-refractivity contribution in [3.63, 3.8) is 0 Å². The van der Waals surface area contributed by atoms with Crippen LogP contribution < -0.4 is 15.3 Å². The maximum atomic E-state index is 12.7. The molecule has 0 amide bonds. The Morgan fingerprint density at radius 2 is 1.79 bits per heavy atom. The Morgan fingerprint density at radius 1 is 1.00 bits per heavy atom. The Bertz CT molecular complexity index is 1390. The van der Waals surface area contributed by atoms with Crippen LogP contribution in [-0.4, -0.2) is 30.0 Å². The fraction of sp³-hybridized carbons (Fsp3) is 0.192. The number of hydrogen-bond acceptors (Lipinski definition) is 7. The average Bonchev–Trinajstić information content (AvgIpc) is 3.17. The van der Waals surface area contributed by atoms with Gasteiger partial charge in [0, 0.05) is 29.3 Å². The summed E-state index contributed by atoms with van der Waals surface area (Å²) in [6, 6.07) is 19.7. The highest BCUT2D eigenvalue weighted by Crippen LogP contribution is 2.23. The molecule has 174 valence electrons. The standard InChI is InChI=1S/C26H24N2O5S/c1-32-24(29)12-9-17-7-10-20(16-21(17)27)33-14-13-28-22-11-8-19(15-23(22)34-26(28)31)25(30)18-5-3-2-4-6-18/h2-8,10-11,15-16H,9,12-14,27H2,1H3. The molecular formula is C26H24N2O5S. The summed E-state index contributed by atoms with van der Waals surface area (Å²) < 4.78 is 12.9. The van der Waals surface area contributed by atoms with Crippen molar-refractivity contribution in [2.45, 2.75) is 19.4 Å². The van der Waals surface area contributed by atoms with E-state index in [0.29, 0.717) is 35.5 Å². The van der Waals surface area contributed by atoms with Crippen LogP contribution in [0.5, 0.6) is 5.75 Å². The van der Waals surface area contributed by atoms with E-state index in [1.165, 1.54) is 7.11 Å². The van der Waals surface area contributed by atoms with E-state index in [-0.39, 0.29) is 29.7 Å². The predicted octanol–water partition coefficient (Wildman–Crippen LogP) is 4.06. The number of nitrogen functional groups attached to an aromatic ring is 1. The van der Waals surface area contributed by atoms with Gasteiger partial charge in [0.2, 0.25) is 0 Å². The Labute approximate surface area is 200 Å². The number of benzene rings is 3. The van der Waals surface area contributed by atoms with Crippen LogP contribution in [0.1, 0.15) is 27.9 Å². The monoisotopic (exact) mass is 476 g/mol. The third-order valence-electron chi connectivity index (χ3n) is 5.49. The van der Waals surface area contributed by atoms with Gasteiger partial charge in [-0.3, -0.25) is 19.0 Å². The lowest BCUT2D eigenvalue weighted by Gasteiger charge is -2.10. The molecular weight excluding hydrogens is 452 g/mol. The van der Waals surface area contributed by atoms with Gasteiger partial charge in [0.1, 0.15) is 12.4 Å². The molecule has 0 fully saturated rings. The number of ketones is 1. The van der Waals surface area contributed by atoms with Crippen LogP contribution >= 0.6 is 11.3 Å². The Kier molecular flexibility index (Phi) is 7.08. The quantitative estimate of drug-likeness (QED) is 0.222. The lowest BCUT2D eigenvalue weighted by atomic mass is 10.0. The highest BCUT2D eigenvalue weighted by Gasteiger charge is 2.13. The van der Waals surface area contributed by atoms with Gasteiger partial charge < -0.3 is 15.2 Å². The van der Waals surface area contributed by atoms with Crippen LogP contribution in [0.4, 0.5) is 5.69 Å². The van der Waals surface area contributed by atoms with Crippen molar-refractivity contribution >= 4 is 39.0 Å². The van der Waals surface area contributed by atoms with E-state index in [1.54, 1.807) is 47.0 Å². The molecule has 0 unspecified atom stereocenters. The summed E-state index contributed by atoms with van der Waals surface area (Å²) in [6.07, 6.45) is 0.748. The topological polar surface area (TPSA) is 101 Å². The van der Waals surface area contributed by atoms with Crippen LogP contribution in [-0.2, 0) is 22.5 Å². The fourth-order valence-corrected chi connectivity index (χ4v) is 4.62. The Balaban J connectivity index is 1.42. The van der Waals surface area contributed by atoms with E-state index in [2.05, 4.69) is 4.74 Å². The minimum absolute atomic E-state index is 0.0779. The normalized spacial score (nSPS) is 10.9. The third-order valence-corrected chi connectivity index (χ3v) is 6.44. The molecule has 0 aliphatic carbocycles. The summed E-state index contributed by atoms with van der Waals surface area (Å²) >= 11 is 1.11. The van der Waals surface area contributed by atoms with E-state index in [0.717, 1.165) is 27.1 Å². The number of aromatic nitrogens is 1. The molecule has 0 atom stereocenters. The van der Waals surface area contributed by atoms with Gasteiger partial charge in [-0.1, -0.05) is 47.7 Å². The van der Waals surface area contributed by atoms with Gasteiger partial charge in [0.25, 0.3) is 0 Å². The number of anilines is 1. The first-order chi connectivity index (χ1) is 16.5. The smallest absolute Gasteiger partial charge is 0.308 e. The summed E-state index contributed by atoms with van der Waals surface area (Å²) in [4.78, 5) is 36.5. The first-order valence-corrected chi connectivity index (χ1v) is 11.6. The van der Waals surface area contributed by atoms with Crippen molar-refractivity contribution in [2.75, 3.05) is 19.5 Å². The number of fused-ring (bicyclic) bond motifs is 1. The van der Waals surface area contributed by atoms with Gasteiger partial charge >= 0.3 is 10.8 Å². The molecule has 1 heterocycles. The van der Waals surface area contributed by atoms with Crippen LogP contribution in [0, 0.1) is 0 Å². The molecule has 0 radical (unpaired) electrons. The summed E-state index contributed by atoms with van der Waals surface area (Å²) in [5.74, 6) is 0.221. The van der Waals surface area contributed by atoms with E-state index < -0.39 is 0 Å². The van der Waals surface area contributed by atoms with Gasteiger partial charge in [-0.05, 0) is 36.2 Å². The van der Waals surface area contributed by atoms with Crippen molar-refractivity contribution in [3.8, 4) is 5.75 Å². The molecule has 1 aromatic heterocycles. The molecule has 0 aliphatic rings. The zero-order valence-electron chi connectivity index (χ0n) is 18.7. The van der Waals surface area contributed by atoms with E-state index in [1.807, 2.05) is 24.3 Å². The second kappa shape index (κ2) is 10.4. The Hall–Kier alpha value is -3.91. The molecule has 7 nitrogen and oxygen atoms in total. The van der Waals surface area contributed by atoms with Crippen LogP contribution in [0.15, 0.2) is 71.5 Å². The molecule has 0 saturated carbocycles. The maximum Gasteiger partial charge on any atom is 0.308 e. The van der Waals surface area contributed by atoms with Crippen molar-refractivity contribution < 1.29 is 19.1 Å². The lowest BCUT2D eigenvalue weighted by molar-refractivity contribution is -0.140. The van der Waals surface area contributed by atoms with Gasteiger partial charge in [-0.25, -0.2) is 0 Å². The van der Waals surface area contributed by atoms with Crippen LogP contribution in [0.25, 0.3) is 10.2 Å². The highest BCUT2D eigenvalue weighted by atomic mass is 32.1. The molecule has 8 heteroatoms. The highest BCUT2D eigenvalue weighted by molar-refractivity contribution is 7.16. The summed E-state index contributed by atoms with van der Waals surface area (Å²) in [6.45, 7) is 0.631. The molecule has 0 bridgehead atoms. The van der Waals surface area contributed by atoms with Crippen LogP contribution in [0.2, 0.25) is 0 Å². The molecule has 4 rings (SSSR count). The third kappa shape index (κ3) is 5.18. The second-order valence-electron chi connectivity index (χ2n) is 7.68. The van der Waals surface area contributed by atoms with Gasteiger partial charge in [-0.15, -0.1) is 0 Å². The minimum atomic E-state index is -0.287. The number of thiazole rings is 1. The molecule has 2 N–H and O–H groups in total. The number of esters is 1. The zero-order valence-corrected chi connectivity index (χ0v) is 19.5. The number of carbonyl (C=O) groups is 2. The van der Waals surface area contributed by atoms with Gasteiger partial charge in [0.15, 0.2) is 5.78 Å². The van der Waals surface area contributed by atoms with E-state index in [9.17, 15) is 14.4 Å². The molecule has 34 heavy (non-hydrogen) atoms. The predicted molar refractivity (Wildman–Crippen MR) is 133 cm³/mol. The van der Waals surface area contributed by atoms with Crippen LogP contribution in [0.3, 0.4) is 0 Å². The minimum Gasteiger partial charge on any atom is -0.492 e. The number of rotatable bonds is 9. The maximum absolute atomic E-state index is 12.7. The number of methoxy groups -OCH3 is 1. The largest absolute Gasteiger partial charge is 0.492 e. The van der Waals surface area contributed by atoms with Crippen molar-refractivity contribution in [1.82, 2.24) is 4.57 Å². The SMILES string of the molecule is COC(=O)CCc1ccc(OCCn2c(=O)sc3cc(C(=O)c4ccccc4)ccc32)cc1N. The average molecular weight is 477 g/mol. The lowest BCUT2D eigenvalue weighted by Crippen LogP contribution is -2.17. The number of ether oxygens (including phenoxy) is 2. The van der Waals surface area contributed by atoms with Crippen molar-refractivity contribution in [2.24, 2.45) is 0 Å². The molecule has 0 aliphatic heterocycles. The summed E-state index contributed by atoms with van der Waals surface area (Å²) in [7, 11) is 1.35. The summed E-state index contributed by atoms with van der Waals surface area (Å²) in [5.41, 5.74) is 9.39. The van der Waals surface area contributed by atoms with Gasteiger partial charge in [-0.2, -0.15) is 0 Å². The molecule has 0 saturated heterocycles. The molecule has 0 spiro atoms. The number of nitrogens with zero attached hydrogens (tertiary/aromatic N) is 1.